The summed E-state index contributed by atoms with van der Waals surface area (Å²) in [6.07, 6.45) is -0.468. The van der Waals surface area contributed by atoms with E-state index in [4.69, 9.17) is 10.5 Å². The Hall–Kier alpha value is -2.20. The first kappa shape index (κ1) is 18.1. The zero-order valence-corrected chi connectivity index (χ0v) is 14.5. The third-order valence-corrected chi connectivity index (χ3v) is 4.57. The molecule has 4 heteroatoms. The van der Waals surface area contributed by atoms with Crippen LogP contribution in [0.2, 0.25) is 0 Å². The highest BCUT2D eigenvalue weighted by molar-refractivity contribution is 5.75. The van der Waals surface area contributed by atoms with E-state index >= 15 is 0 Å². The van der Waals surface area contributed by atoms with Gasteiger partial charge in [-0.05, 0) is 51.0 Å². The first-order valence-corrected chi connectivity index (χ1v) is 8.04. The Labute approximate surface area is 142 Å². The molecule has 2 rings (SSSR count). The lowest BCUT2D eigenvalue weighted by molar-refractivity contribution is -0.151. The van der Waals surface area contributed by atoms with Crippen LogP contribution in [0, 0.1) is 12.7 Å². The van der Waals surface area contributed by atoms with E-state index in [0.717, 1.165) is 16.7 Å². The second kappa shape index (κ2) is 7.14. The number of carbonyl (C=O) groups is 1. The molecule has 2 aromatic rings. The zero-order chi connectivity index (χ0) is 17.9. The van der Waals surface area contributed by atoms with E-state index in [1.807, 2.05) is 45.0 Å². The van der Waals surface area contributed by atoms with Crippen LogP contribution in [0.3, 0.4) is 0 Å². The number of rotatable bonds is 5. The van der Waals surface area contributed by atoms with Crippen molar-refractivity contribution in [2.75, 3.05) is 0 Å². The van der Waals surface area contributed by atoms with Crippen LogP contribution >= 0.6 is 0 Å². The predicted molar refractivity (Wildman–Crippen MR) is 93.2 cm³/mol. The number of hydrogen-bond donors (Lipinski definition) is 1. The summed E-state index contributed by atoms with van der Waals surface area (Å²) >= 11 is 0. The molecule has 0 radical (unpaired) electrons. The van der Waals surface area contributed by atoms with Gasteiger partial charge < -0.3 is 10.5 Å². The minimum absolute atomic E-state index is 0.301. The standard InChI is InChI=1S/C20H24FNO2/c1-13-5-7-16(8-6-13)20(4,15(3)24-19(23)14(2)22)17-9-11-18(21)12-10-17/h5-12,14-15H,22H2,1-4H3/t14-,15+,20?/m0/s1. The average Bonchev–Trinajstić information content (AvgIpc) is 2.55. The van der Waals surface area contributed by atoms with Gasteiger partial charge in [-0.1, -0.05) is 42.0 Å². The molecular formula is C20H24FNO2. The second-order valence-corrected chi connectivity index (χ2v) is 6.44. The Bertz CT molecular complexity index is 647. The van der Waals surface area contributed by atoms with Gasteiger partial charge in [0.05, 0.1) is 5.41 Å². The fourth-order valence-corrected chi connectivity index (χ4v) is 2.73. The summed E-state index contributed by atoms with van der Waals surface area (Å²) in [4.78, 5) is 12.0. The fourth-order valence-electron chi connectivity index (χ4n) is 2.73. The number of nitrogens with two attached hydrogens (primary N) is 1. The van der Waals surface area contributed by atoms with E-state index in [9.17, 15) is 9.18 Å². The molecule has 0 fully saturated rings. The lowest BCUT2D eigenvalue weighted by Crippen LogP contribution is -2.42. The lowest BCUT2D eigenvalue weighted by Gasteiger charge is -2.36. The number of halogens is 1. The summed E-state index contributed by atoms with van der Waals surface area (Å²) in [5, 5.41) is 0. The zero-order valence-electron chi connectivity index (χ0n) is 14.5. The van der Waals surface area contributed by atoms with Gasteiger partial charge in [0.2, 0.25) is 0 Å². The molecule has 0 amide bonds. The van der Waals surface area contributed by atoms with Gasteiger partial charge in [-0.2, -0.15) is 0 Å². The largest absolute Gasteiger partial charge is 0.460 e. The normalized spacial score (nSPS) is 16.1. The van der Waals surface area contributed by atoms with Crippen LogP contribution in [0.4, 0.5) is 4.39 Å². The van der Waals surface area contributed by atoms with Crippen molar-refractivity contribution in [3.8, 4) is 0 Å². The van der Waals surface area contributed by atoms with Crippen molar-refractivity contribution in [3.63, 3.8) is 0 Å². The van der Waals surface area contributed by atoms with E-state index in [0.29, 0.717) is 0 Å². The fraction of sp³-hybridized carbons (Fsp3) is 0.350. The Morgan fingerprint density at radius 2 is 1.50 bits per heavy atom. The lowest BCUT2D eigenvalue weighted by atomic mass is 9.72. The van der Waals surface area contributed by atoms with Crippen LogP contribution in [0.15, 0.2) is 48.5 Å². The second-order valence-electron chi connectivity index (χ2n) is 6.44. The molecule has 0 spiro atoms. The number of carbonyl (C=O) groups excluding carboxylic acids is 1. The van der Waals surface area contributed by atoms with Crippen LogP contribution in [0.5, 0.6) is 0 Å². The van der Waals surface area contributed by atoms with E-state index in [-0.39, 0.29) is 5.82 Å². The Morgan fingerprint density at radius 3 is 1.96 bits per heavy atom. The van der Waals surface area contributed by atoms with E-state index < -0.39 is 23.5 Å². The highest BCUT2D eigenvalue weighted by Gasteiger charge is 2.38. The van der Waals surface area contributed by atoms with Crippen LogP contribution in [-0.2, 0) is 14.9 Å². The minimum atomic E-state index is -0.692. The molecular weight excluding hydrogens is 305 g/mol. The highest BCUT2D eigenvalue weighted by Crippen LogP contribution is 2.37. The topological polar surface area (TPSA) is 52.3 Å². The molecule has 0 bridgehead atoms. The van der Waals surface area contributed by atoms with Crippen molar-refractivity contribution in [1.82, 2.24) is 0 Å². The quantitative estimate of drug-likeness (QED) is 0.851. The summed E-state index contributed by atoms with van der Waals surface area (Å²) in [5.74, 6) is -0.756. The Balaban J connectivity index is 2.49. The molecule has 1 unspecified atom stereocenters. The van der Waals surface area contributed by atoms with Gasteiger partial charge >= 0.3 is 5.97 Å². The van der Waals surface area contributed by atoms with Crippen LogP contribution < -0.4 is 5.73 Å². The average molecular weight is 329 g/mol. The first-order valence-electron chi connectivity index (χ1n) is 8.04. The molecule has 0 aromatic heterocycles. The van der Waals surface area contributed by atoms with Crippen molar-refractivity contribution >= 4 is 5.97 Å². The molecule has 0 aliphatic carbocycles. The molecule has 0 saturated heterocycles. The summed E-state index contributed by atoms with van der Waals surface area (Å²) in [6, 6.07) is 13.6. The molecule has 0 heterocycles. The molecule has 2 N–H and O–H groups in total. The molecule has 3 nitrogen and oxygen atoms in total. The van der Waals surface area contributed by atoms with Gasteiger partial charge in [0.1, 0.15) is 18.0 Å². The summed E-state index contributed by atoms with van der Waals surface area (Å²) in [6.45, 7) is 7.43. The van der Waals surface area contributed by atoms with Gasteiger partial charge in [0, 0.05) is 0 Å². The van der Waals surface area contributed by atoms with Crippen molar-refractivity contribution < 1.29 is 13.9 Å². The van der Waals surface area contributed by atoms with Crippen molar-refractivity contribution in [2.24, 2.45) is 5.73 Å². The third kappa shape index (κ3) is 3.65. The molecule has 0 saturated carbocycles. The summed E-state index contributed by atoms with van der Waals surface area (Å²) in [5.41, 5.74) is 8.00. The maximum atomic E-state index is 13.3. The SMILES string of the molecule is Cc1ccc(C(C)(c2ccc(F)cc2)[C@@H](C)OC(=O)[C@H](C)N)cc1. The van der Waals surface area contributed by atoms with Crippen LogP contribution in [-0.4, -0.2) is 18.1 Å². The highest BCUT2D eigenvalue weighted by atomic mass is 19.1. The van der Waals surface area contributed by atoms with Crippen molar-refractivity contribution in [3.05, 3.63) is 71.0 Å². The van der Waals surface area contributed by atoms with E-state index in [1.165, 1.54) is 12.1 Å². The minimum Gasteiger partial charge on any atom is -0.460 e. The van der Waals surface area contributed by atoms with Gasteiger partial charge in [-0.25, -0.2) is 4.39 Å². The molecule has 24 heavy (non-hydrogen) atoms. The number of hydrogen-bond acceptors (Lipinski definition) is 3. The number of benzene rings is 2. The van der Waals surface area contributed by atoms with Gasteiger partial charge in [-0.3, -0.25) is 4.79 Å². The summed E-state index contributed by atoms with van der Waals surface area (Å²) < 4.78 is 18.9. The Morgan fingerprint density at radius 1 is 1.04 bits per heavy atom. The van der Waals surface area contributed by atoms with E-state index in [1.54, 1.807) is 19.1 Å². The van der Waals surface area contributed by atoms with Crippen LogP contribution in [0.1, 0.15) is 37.5 Å². The molecule has 0 aliphatic rings. The number of aryl methyl sites for hydroxylation is 1. The van der Waals surface area contributed by atoms with E-state index in [2.05, 4.69) is 0 Å². The molecule has 3 atom stereocenters. The number of esters is 1. The van der Waals surface area contributed by atoms with Crippen molar-refractivity contribution in [2.45, 2.75) is 45.3 Å². The van der Waals surface area contributed by atoms with Gasteiger partial charge in [0.15, 0.2) is 0 Å². The molecule has 128 valence electrons. The molecule has 0 aliphatic heterocycles. The monoisotopic (exact) mass is 329 g/mol. The number of ether oxygens (including phenoxy) is 1. The predicted octanol–water partition coefficient (Wildman–Crippen LogP) is 3.72. The third-order valence-electron chi connectivity index (χ3n) is 4.57. The first-order chi connectivity index (χ1) is 11.2. The maximum Gasteiger partial charge on any atom is 0.322 e. The van der Waals surface area contributed by atoms with Gasteiger partial charge in [0.25, 0.3) is 0 Å². The maximum absolute atomic E-state index is 13.3. The van der Waals surface area contributed by atoms with Crippen molar-refractivity contribution in [1.29, 1.82) is 0 Å². The smallest absolute Gasteiger partial charge is 0.322 e. The van der Waals surface area contributed by atoms with Gasteiger partial charge in [-0.15, -0.1) is 0 Å². The summed E-state index contributed by atoms with van der Waals surface area (Å²) in [7, 11) is 0. The molecule has 2 aromatic carbocycles. The Kier molecular flexibility index (Phi) is 5.40. The van der Waals surface area contributed by atoms with Crippen LogP contribution in [0.25, 0.3) is 0 Å².